The second-order valence-corrected chi connectivity index (χ2v) is 7.83. The highest BCUT2D eigenvalue weighted by molar-refractivity contribution is 9.10. The minimum Gasteiger partial charge on any atom is -0.353 e. The van der Waals surface area contributed by atoms with Crippen molar-refractivity contribution in [2.75, 3.05) is 24.2 Å². The number of pyridine rings is 1. The zero-order chi connectivity index (χ0) is 14.2. The first kappa shape index (κ1) is 14.7. The van der Waals surface area contributed by atoms with Crippen molar-refractivity contribution in [1.82, 2.24) is 9.29 Å². The minimum atomic E-state index is -3.16. The topological polar surface area (TPSA) is 53.5 Å². The van der Waals surface area contributed by atoms with Gasteiger partial charge in [0.05, 0.1) is 6.26 Å². The Morgan fingerprint density at radius 3 is 2.26 bits per heavy atom. The molecular weight excluding hydrogens is 330 g/mol. The van der Waals surface area contributed by atoms with E-state index in [0.717, 1.165) is 10.3 Å². The first-order chi connectivity index (χ1) is 8.79. The Bertz CT molecular complexity index is 535. The lowest BCUT2D eigenvalue weighted by atomic mass is 10.1. The van der Waals surface area contributed by atoms with E-state index in [1.165, 1.54) is 6.26 Å². The number of piperazine rings is 1. The molecule has 0 aliphatic carbocycles. The maximum Gasteiger partial charge on any atom is 0.211 e. The van der Waals surface area contributed by atoms with Crippen LogP contribution in [0.1, 0.15) is 13.8 Å². The zero-order valence-electron chi connectivity index (χ0n) is 11.2. The van der Waals surface area contributed by atoms with Gasteiger partial charge in [-0.2, -0.15) is 4.31 Å². The van der Waals surface area contributed by atoms with Crippen molar-refractivity contribution in [3.05, 3.63) is 22.8 Å². The maximum atomic E-state index is 11.8. The summed E-state index contributed by atoms with van der Waals surface area (Å²) < 4.78 is 26.1. The summed E-state index contributed by atoms with van der Waals surface area (Å²) in [5.74, 6) is 0.884. The molecule has 0 N–H and O–H groups in total. The summed E-state index contributed by atoms with van der Waals surface area (Å²) in [4.78, 5) is 6.50. The monoisotopic (exact) mass is 347 g/mol. The molecule has 1 aromatic rings. The van der Waals surface area contributed by atoms with Crippen molar-refractivity contribution >= 4 is 31.8 Å². The van der Waals surface area contributed by atoms with Crippen LogP contribution in [0.5, 0.6) is 0 Å². The Balaban J connectivity index is 2.20. The molecule has 0 unspecified atom stereocenters. The molecule has 5 nitrogen and oxygen atoms in total. The Kier molecular flexibility index (Phi) is 4.17. The summed E-state index contributed by atoms with van der Waals surface area (Å²) >= 11 is 3.36. The largest absolute Gasteiger partial charge is 0.353 e. The van der Waals surface area contributed by atoms with Crippen LogP contribution in [0.3, 0.4) is 0 Å². The van der Waals surface area contributed by atoms with Gasteiger partial charge < -0.3 is 4.90 Å². The Hall–Kier alpha value is -0.660. The van der Waals surface area contributed by atoms with E-state index in [9.17, 15) is 8.42 Å². The van der Waals surface area contributed by atoms with Gasteiger partial charge in [-0.1, -0.05) is 0 Å². The average molecular weight is 348 g/mol. The quantitative estimate of drug-likeness (QED) is 0.817. The van der Waals surface area contributed by atoms with Crippen molar-refractivity contribution < 1.29 is 8.42 Å². The highest BCUT2D eigenvalue weighted by atomic mass is 79.9. The first-order valence-corrected chi connectivity index (χ1v) is 8.78. The van der Waals surface area contributed by atoms with Crippen LogP contribution < -0.4 is 4.90 Å². The number of sulfonamides is 1. The fourth-order valence-corrected chi connectivity index (χ4v) is 4.38. The lowest BCUT2D eigenvalue weighted by molar-refractivity contribution is 0.242. The summed E-state index contributed by atoms with van der Waals surface area (Å²) in [6.45, 7) is 5.18. The molecule has 1 saturated heterocycles. The summed E-state index contributed by atoms with van der Waals surface area (Å²) in [7, 11) is -3.16. The van der Waals surface area contributed by atoms with Crippen molar-refractivity contribution in [1.29, 1.82) is 0 Å². The van der Waals surface area contributed by atoms with E-state index in [2.05, 4.69) is 25.8 Å². The first-order valence-electron chi connectivity index (χ1n) is 6.14. The normalized spacial score (nSPS) is 25.6. The van der Waals surface area contributed by atoms with E-state index in [-0.39, 0.29) is 12.1 Å². The summed E-state index contributed by atoms with van der Waals surface area (Å²) in [6, 6.07) is 3.79. The van der Waals surface area contributed by atoms with Crippen molar-refractivity contribution in [3.8, 4) is 0 Å². The number of rotatable bonds is 2. The van der Waals surface area contributed by atoms with Gasteiger partial charge in [-0.15, -0.1) is 0 Å². The van der Waals surface area contributed by atoms with Gasteiger partial charge in [0.15, 0.2) is 0 Å². The number of aromatic nitrogens is 1. The van der Waals surface area contributed by atoms with Crippen LogP contribution in [-0.4, -0.2) is 49.1 Å². The predicted molar refractivity (Wildman–Crippen MR) is 79.8 cm³/mol. The molecule has 1 aliphatic rings. The Labute approximate surface area is 122 Å². The van der Waals surface area contributed by atoms with E-state index in [1.54, 1.807) is 10.5 Å². The third kappa shape index (κ3) is 3.27. The number of hydrogen-bond donors (Lipinski definition) is 0. The van der Waals surface area contributed by atoms with E-state index >= 15 is 0 Å². The molecule has 2 heterocycles. The van der Waals surface area contributed by atoms with Crippen LogP contribution in [0, 0.1) is 0 Å². The van der Waals surface area contributed by atoms with Gasteiger partial charge in [0, 0.05) is 35.8 Å². The van der Waals surface area contributed by atoms with Crippen LogP contribution in [0.15, 0.2) is 22.8 Å². The van der Waals surface area contributed by atoms with Crippen molar-refractivity contribution in [2.24, 2.45) is 0 Å². The van der Waals surface area contributed by atoms with Gasteiger partial charge in [0.25, 0.3) is 0 Å². The average Bonchev–Trinajstić information content (AvgIpc) is 2.26. The Morgan fingerprint density at radius 1 is 1.26 bits per heavy atom. The molecule has 0 bridgehead atoms. The molecular formula is C12H18BrN3O2S. The molecule has 0 saturated carbocycles. The minimum absolute atomic E-state index is 0.0517. The van der Waals surface area contributed by atoms with E-state index < -0.39 is 10.0 Å². The molecule has 0 radical (unpaired) electrons. The van der Waals surface area contributed by atoms with Crippen LogP contribution in [0.2, 0.25) is 0 Å². The molecule has 106 valence electrons. The molecule has 7 heteroatoms. The molecule has 2 atom stereocenters. The second-order valence-electron chi connectivity index (χ2n) is 5.03. The van der Waals surface area contributed by atoms with Gasteiger partial charge in [0.1, 0.15) is 5.82 Å². The van der Waals surface area contributed by atoms with E-state index in [0.29, 0.717) is 13.1 Å². The predicted octanol–water partition coefficient (Wildman–Crippen LogP) is 1.70. The molecule has 19 heavy (non-hydrogen) atoms. The summed E-state index contributed by atoms with van der Waals surface area (Å²) in [5.41, 5.74) is 0. The molecule has 1 fully saturated rings. The third-order valence-electron chi connectivity index (χ3n) is 3.26. The standard InChI is InChI=1S/C12H18BrN3O2S/c1-9-7-15(12-5-4-11(13)6-14-12)8-10(2)16(9)19(3,17)18/h4-6,9-10H,7-8H2,1-3H3/t9-,10+. The van der Waals surface area contributed by atoms with Gasteiger partial charge in [-0.3, -0.25) is 0 Å². The smallest absolute Gasteiger partial charge is 0.211 e. The second kappa shape index (κ2) is 5.38. The lowest BCUT2D eigenvalue weighted by Gasteiger charge is -2.43. The molecule has 1 aromatic heterocycles. The van der Waals surface area contributed by atoms with E-state index in [4.69, 9.17) is 0 Å². The van der Waals surface area contributed by atoms with Gasteiger partial charge in [-0.05, 0) is 41.9 Å². The third-order valence-corrected chi connectivity index (χ3v) is 5.21. The number of anilines is 1. The van der Waals surface area contributed by atoms with Crippen LogP contribution in [0.4, 0.5) is 5.82 Å². The lowest BCUT2D eigenvalue weighted by Crippen LogP contribution is -2.58. The highest BCUT2D eigenvalue weighted by Gasteiger charge is 2.35. The molecule has 2 rings (SSSR count). The van der Waals surface area contributed by atoms with Gasteiger partial charge >= 0.3 is 0 Å². The van der Waals surface area contributed by atoms with Crippen LogP contribution >= 0.6 is 15.9 Å². The fraction of sp³-hybridized carbons (Fsp3) is 0.583. The van der Waals surface area contributed by atoms with Crippen molar-refractivity contribution in [2.45, 2.75) is 25.9 Å². The molecule has 0 spiro atoms. The fourth-order valence-electron chi connectivity index (χ4n) is 2.70. The molecule has 0 amide bonds. The van der Waals surface area contributed by atoms with Crippen molar-refractivity contribution in [3.63, 3.8) is 0 Å². The Morgan fingerprint density at radius 2 is 1.84 bits per heavy atom. The molecule has 0 aromatic carbocycles. The summed E-state index contributed by atoms with van der Waals surface area (Å²) in [5, 5.41) is 0. The molecule has 1 aliphatic heterocycles. The SMILES string of the molecule is C[C@@H]1CN(c2ccc(Br)cn2)C[C@H](C)N1S(C)(=O)=O. The van der Waals surface area contributed by atoms with Gasteiger partial charge in [-0.25, -0.2) is 13.4 Å². The number of hydrogen-bond acceptors (Lipinski definition) is 4. The van der Waals surface area contributed by atoms with Gasteiger partial charge in [0.2, 0.25) is 10.0 Å². The van der Waals surface area contributed by atoms with Crippen LogP contribution in [0.25, 0.3) is 0 Å². The van der Waals surface area contributed by atoms with Crippen LogP contribution in [-0.2, 0) is 10.0 Å². The van der Waals surface area contributed by atoms with E-state index in [1.807, 2.05) is 26.0 Å². The maximum absolute atomic E-state index is 11.8. The number of nitrogens with zero attached hydrogens (tertiary/aromatic N) is 3. The highest BCUT2D eigenvalue weighted by Crippen LogP contribution is 2.23. The zero-order valence-corrected chi connectivity index (χ0v) is 13.6. The number of halogens is 1. The summed E-state index contributed by atoms with van der Waals surface area (Å²) in [6.07, 6.45) is 3.03.